The van der Waals surface area contributed by atoms with Gasteiger partial charge in [0.2, 0.25) is 0 Å². The van der Waals surface area contributed by atoms with Crippen LogP contribution in [0.3, 0.4) is 0 Å². The van der Waals surface area contributed by atoms with Crippen molar-refractivity contribution in [3.05, 3.63) is 142 Å². The van der Waals surface area contributed by atoms with Gasteiger partial charge in [0.05, 0.1) is 0 Å². The van der Waals surface area contributed by atoms with Gasteiger partial charge in [0.1, 0.15) is 17.5 Å². The molecule has 0 aliphatic heterocycles. The highest BCUT2D eigenvalue weighted by molar-refractivity contribution is 5.31. The molecule has 0 atom stereocenters. The highest BCUT2D eigenvalue weighted by atomic mass is 19.1. The van der Waals surface area contributed by atoms with E-state index >= 15 is 0 Å². The van der Waals surface area contributed by atoms with Crippen LogP contribution in [0.4, 0.5) is 13.2 Å². The molecule has 0 aliphatic carbocycles. The molecule has 0 spiro atoms. The highest BCUT2D eigenvalue weighted by Crippen LogP contribution is 2.27. The molecule has 0 heterocycles. The molecule has 0 aromatic heterocycles. The van der Waals surface area contributed by atoms with Gasteiger partial charge in [-0.25, -0.2) is 13.2 Å². The number of benzene rings is 4. The largest absolute Gasteiger partial charge is 0.207 e. The second-order valence-corrected chi connectivity index (χ2v) is 15.8. The highest BCUT2D eigenvalue weighted by Gasteiger charge is 2.19. The van der Waals surface area contributed by atoms with Gasteiger partial charge in [-0.2, -0.15) is 0 Å². The van der Waals surface area contributed by atoms with Crippen LogP contribution in [0, 0.1) is 31.3 Å². The van der Waals surface area contributed by atoms with Crippen LogP contribution in [-0.2, 0) is 21.7 Å². The van der Waals surface area contributed by atoms with Crippen molar-refractivity contribution in [2.45, 2.75) is 126 Å². The topological polar surface area (TPSA) is 0 Å². The first-order valence-electron chi connectivity index (χ1n) is 15.8. The SMILES string of the molecule is C.CC(C)(C)c1ccccc1.CC(C)(C)c1ccccc1F.Cc1ccc(F)c(C(C)(C)C)c1.Cc1cccc(C(C)(C)C)c1F. The van der Waals surface area contributed by atoms with Gasteiger partial charge in [-0.3, -0.25) is 0 Å². The van der Waals surface area contributed by atoms with E-state index in [1.54, 1.807) is 25.1 Å². The van der Waals surface area contributed by atoms with Crippen molar-refractivity contribution < 1.29 is 13.2 Å². The van der Waals surface area contributed by atoms with Crippen LogP contribution in [0.25, 0.3) is 0 Å². The summed E-state index contributed by atoms with van der Waals surface area (Å²) in [6, 6.07) is 28.3. The molecule has 0 fully saturated rings. The summed E-state index contributed by atoms with van der Waals surface area (Å²) in [5.41, 5.74) is 5.60. The number of halogens is 3. The van der Waals surface area contributed by atoms with Crippen LogP contribution in [-0.4, -0.2) is 0 Å². The lowest BCUT2D eigenvalue weighted by Crippen LogP contribution is -2.13. The van der Waals surface area contributed by atoms with Crippen LogP contribution >= 0.6 is 0 Å². The van der Waals surface area contributed by atoms with Gasteiger partial charge in [0.15, 0.2) is 0 Å². The average molecular weight is 635 g/mol. The second-order valence-electron chi connectivity index (χ2n) is 15.8. The predicted octanol–water partition coefficient (Wildman–Crippen LogP) is 13.6. The number of aryl methyl sites for hydroxylation is 2. The summed E-state index contributed by atoms with van der Waals surface area (Å²) in [5, 5.41) is 0. The molecule has 0 saturated carbocycles. The Hall–Kier alpha value is -3.33. The molecule has 0 radical (unpaired) electrons. The number of hydrogen-bond acceptors (Lipinski definition) is 0. The fourth-order valence-corrected chi connectivity index (χ4v) is 4.45. The summed E-state index contributed by atoms with van der Waals surface area (Å²) >= 11 is 0. The molecule has 0 amide bonds. The Kier molecular flexibility index (Phi) is 16.3. The van der Waals surface area contributed by atoms with E-state index in [1.807, 2.05) is 99.6 Å². The Morgan fingerprint density at radius 1 is 0.413 bits per heavy atom. The van der Waals surface area contributed by atoms with Crippen LogP contribution < -0.4 is 0 Å². The maximum absolute atomic E-state index is 13.5. The Morgan fingerprint density at radius 3 is 1.22 bits per heavy atom. The minimum atomic E-state index is -0.111. The van der Waals surface area contributed by atoms with Crippen molar-refractivity contribution in [3.8, 4) is 0 Å². The smallest absolute Gasteiger partial charge is 0.129 e. The van der Waals surface area contributed by atoms with Gasteiger partial charge in [-0.1, -0.05) is 175 Å². The van der Waals surface area contributed by atoms with Gasteiger partial charge in [-0.05, 0) is 75.5 Å². The van der Waals surface area contributed by atoms with E-state index < -0.39 is 0 Å². The molecule has 46 heavy (non-hydrogen) atoms. The normalized spacial score (nSPS) is 11.4. The molecule has 0 N–H and O–H groups in total. The molecule has 0 bridgehead atoms. The minimum absolute atomic E-state index is 0. The van der Waals surface area contributed by atoms with Crippen molar-refractivity contribution in [1.82, 2.24) is 0 Å². The number of hydrogen-bond donors (Lipinski definition) is 0. The van der Waals surface area contributed by atoms with Crippen molar-refractivity contribution in [3.63, 3.8) is 0 Å². The monoisotopic (exact) mass is 634 g/mol. The Bertz CT molecular complexity index is 1440. The Labute approximate surface area is 280 Å². The summed E-state index contributed by atoms with van der Waals surface area (Å²) in [7, 11) is 0. The van der Waals surface area contributed by atoms with Gasteiger partial charge in [0.25, 0.3) is 0 Å². The summed E-state index contributed by atoms with van der Waals surface area (Å²) < 4.78 is 39.8. The molecule has 4 aromatic carbocycles. The molecule has 0 aliphatic rings. The predicted molar refractivity (Wildman–Crippen MR) is 197 cm³/mol. The standard InChI is InChI=1S/2C11H15F.C10H13F.C10H14.CH4/c1-8-5-6-10(12)9(7-8)11(2,3)4;1-8-6-5-7-9(10(8)12)11(2,3)4;1-10(2,3)8-6-4-5-7-9(8)11;1-10(2,3)9-7-5-4-6-8-9;/h2*5-7H,1-4H3;4-7H,1-3H3;4-8H,1-3H3;1H4. The van der Waals surface area contributed by atoms with Gasteiger partial charge < -0.3 is 0 Å². The third-order valence-corrected chi connectivity index (χ3v) is 7.25. The fourth-order valence-electron chi connectivity index (χ4n) is 4.45. The van der Waals surface area contributed by atoms with Gasteiger partial charge in [-0.15, -0.1) is 0 Å². The third kappa shape index (κ3) is 14.4. The van der Waals surface area contributed by atoms with E-state index in [2.05, 4.69) is 51.1 Å². The first-order valence-corrected chi connectivity index (χ1v) is 15.8. The molecule has 3 heteroatoms. The van der Waals surface area contributed by atoms with E-state index in [0.29, 0.717) is 5.41 Å². The lowest BCUT2D eigenvalue weighted by atomic mass is 9.86. The zero-order valence-corrected chi connectivity index (χ0v) is 30.3. The summed E-state index contributed by atoms with van der Waals surface area (Å²) in [6.45, 7) is 28.6. The molecular weight excluding hydrogens is 573 g/mol. The van der Waals surface area contributed by atoms with E-state index in [1.165, 1.54) is 17.7 Å². The lowest BCUT2D eigenvalue weighted by molar-refractivity contribution is 0.518. The van der Waals surface area contributed by atoms with Crippen molar-refractivity contribution in [2.24, 2.45) is 0 Å². The van der Waals surface area contributed by atoms with Crippen molar-refractivity contribution in [1.29, 1.82) is 0 Å². The second kappa shape index (κ2) is 17.5. The maximum atomic E-state index is 13.5. The molecule has 0 unspecified atom stereocenters. The number of rotatable bonds is 0. The molecule has 4 rings (SSSR count). The molecule has 0 saturated heterocycles. The zero-order valence-electron chi connectivity index (χ0n) is 30.3. The summed E-state index contributed by atoms with van der Waals surface area (Å²) in [4.78, 5) is 0. The average Bonchev–Trinajstić information content (AvgIpc) is 2.91. The van der Waals surface area contributed by atoms with Gasteiger partial charge >= 0.3 is 0 Å². The van der Waals surface area contributed by atoms with Crippen LogP contribution in [0.15, 0.2) is 91.0 Å². The van der Waals surface area contributed by atoms with Crippen molar-refractivity contribution >= 4 is 0 Å². The molecule has 0 nitrogen and oxygen atoms in total. The quantitative estimate of drug-likeness (QED) is 0.181. The minimum Gasteiger partial charge on any atom is -0.207 e. The summed E-state index contributed by atoms with van der Waals surface area (Å²) in [5.74, 6) is -0.280. The van der Waals surface area contributed by atoms with E-state index in [-0.39, 0.29) is 41.1 Å². The molecular formula is C43H61F3. The fraction of sp³-hybridized carbons (Fsp3) is 0.442. The summed E-state index contributed by atoms with van der Waals surface area (Å²) in [6.07, 6.45) is 0. The first kappa shape index (κ1) is 42.7. The zero-order chi connectivity index (χ0) is 34.8. The Morgan fingerprint density at radius 2 is 0.848 bits per heavy atom. The van der Waals surface area contributed by atoms with E-state index in [0.717, 1.165) is 27.8 Å². The van der Waals surface area contributed by atoms with Crippen LogP contribution in [0.1, 0.15) is 124 Å². The van der Waals surface area contributed by atoms with Crippen LogP contribution in [0.2, 0.25) is 0 Å². The van der Waals surface area contributed by atoms with Gasteiger partial charge in [0, 0.05) is 0 Å². The van der Waals surface area contributed by atoms with Crippen molar-refractivity contribution in [2.75, 3.05) is 0 Å². The third-order valence-electron chi connectivity index (χ3n) is 7.25. The first-order chi connectivity index (χ1) is 20.5. The van der Waals surface area contributed by atoms with Crippen LogP contribution in [0.5, 0.6) is 0 Å². The van der Waals surface area contributed by atoms with E-state index in [9.17, 15) is 13.2 Å². The molecule has 254 valence electrons. The molecule has 4 aromatic rings. The lowest BCUT2D eigenvalue weighted by Gasteiger charge is -2.20. The van der Waals surface area contributed by atoms with E-state index in [4.69, 9.17) is 0 Å². The Balaban J connectivity index is 0.000000584. The maximum Gasteiger partial charge on any atom is 0.129 e.